The summed E-state index contributed by atoms with van der Waals surface area (Å²) in [5.41, 5.74) is 1.09. The molecule has 19 heavy (non-hydrogen) atoms. The number of carbonyl (C=O) groups is 1. The van der Waals surface area contributed by atoms with E-state index in [1.807, 2.05) is 0 Å². The average molecular weight is 340 g/mol. The number of nitrogens with one attached hydrogen (secondary N) is 2. The topological polar surface area (TPSA) is 57.8 Å². The first kappa shape index (κ1) is 12.3. The maximum Gasteiger partial charge on any atom is 0.273 e. The van der Waals surface area contributed by atoms with Gasteiger partial charge in [-0.15, -0.1) is 0 Å². The second-order valence-corrected chi connectivity index (χ2v) is 5.76. The average Bonchev–Trinajstić information content (AvgIpc) is 2.94. The summed E-state index contributed by atoms with van der Waals surface area (Å²) >= 11 is 4.49. The van der Waals surface area contributed by atoms with Gasteiger partial charge in [-0.25, -0.2) is 9.37 Å². The van der Waals surface area contributed by atoms with Crippen molar-refractivity contribution in [3.63, 3.8) is 0 Å². The number of hydrogen-bond donors (Lipinski definition) is 2. The number of anilines is 1. The third-order valence-corrected chi connectivity index (χ3v) is 3.85. The zero-order valence-corrected chi connectivity index (χ0v) is 11.8. The van der Waals surface area contributed by atoms with E-state index in [1.54, 1.807) is 18.3 Å². The van der Waals surface area contributed by atoms with Crippen LogP contribution in [0.5, 0.6) is 0 Å². The van der Waals surface area contributed by atoms with Gasteiger partial charge in [0.1, 0.15) is 11.5 Å². The smallest absolute Gasteiger partial charge is 0.273 e. The number of benzene rings is 1. The second-order valence-electron chi connectivity index (χ2n) is 3.82. The van der Waals surface area contributed by atoms with Gasteiger partial charge in [-0.1, -0.05) is 11.3 Å². The van der Waals surface area contributed by atoms with E-state index in [9.17, 15) is 9.18 Å². The summed E-state index contributed by atoms with van der Waals surface area (Å²) in [6, 6.07) is 5.99. The third-order valence-electron chi connectivity index (χ3n) is 2.46. The first-order valence-electron chi connectivity index (χ1n) is 5.33. The van der Waals surface area contributed by atoms with Crippen molar-refractivity contribution in [3.05, 3.63) is 46.4 Å². The number of aromatic nitrogens is 2. The number of nitrogens with zero attached hydrogens (tertiary/aromatic N) is 1. The Balaban J connectivity index is 1.87. The van der Waals surface area contributed by atoms with Gasteiger partial charge in [0.05, 0.1) is 10.2 Å². The van der Waals surface area contributed by atoms with Gasteiger partial charge < -0.3 is 4.98 Å². The maximum atomic E-state index is 13.1. The summed E-state index contributed by atoms with van der Waals surface area (Å²) < 4.78 is 14.6. The van der Waals surface area contributed by atoms with Crippen LogP contribution in [-0.2, 0) is 0 Å². The molecule has 96 valence electrons. The van der Waals surface area contributed by atoms with Crippen molar-refractivity contribution in [3.8, 4) is 0 Å². The molecule has 0 unspecified atom stereocenters. The summed E-state index contributed by atoms with van der Waals surface area (Å²) in [6.07, 6.45) is 1.67. The molecule has 4 nitrogen and oxygen atoms in total. The van der Waals surface area contributed by atoms with Crippen molar-refractivity contribution in [1.82, 2.24) is 9.97 Å². The van der Waals surface area contributed by atoms with E-state index in [2.05, 4.69) is 31.2 Å². The quantitative estimate of drug-likeness (QED) is 0.746. The molecule has 0 atom stereocenters. The van der Waals surface area contributed by atoms with E-state index in [1.165, 1.54) is 23.5 Å². The number of H-pyrrole nitrogens is 1. The van der Waals surface area contributed by atoms with Crippen LogP contribution >= 0.6 is 27.3 Å². The highest BCUT2D eigenvalue weighted by atomic mass is 79.9. The lowest BCUT2D eigenvalue weighted by atomic mass is 10.3. The minimum atomic E-state index is -0.317. The molecule has 0 spiro atoms. The first-order valence-corrected chi connectivity index (χ1v) is 6.94. The minimum absolute atomic E-state index is 0.287. The Labute approximate surface area is 119 Å². The Hall–Kier alpha value is -1.73. The van der Waals surface area contributed by atoms with Gasteiger partial charge >= 0.3 is 0 Å². The minimum Gasteiger partial charge on any atom is -0.356 e. The zero-order chi connectivity index (χ0) is 13.4. The van der Waals surface area contributed by atoms with Gasteiger partial charge in [0, 0.05) is 10.7 Å². The molecule has 0 saturated heterocycles. The summed E-state index contributed by atoms with van der Waals surface area (Å²) in [4.78, 5) is 18.9. The lowest BCUT2D eigenvalue weighted by Crippen LogP contribution is -2.11. The fourth-order valence-electron chi connectivity index (χ4n) is 1.62. The summed E-state index contributed by atoms with van der Waals surface area (Å²) in [6.45, 7) is 0. The molecule has 2 heterocycles. The molecule has 0 saturated carbocycles. The molecular weight excluding hydrogens is 333 g/mol. The van der Waals surface area contributed by atoms with Gasteiger partial charge in [-0.2, -0.15) is 0 Å². The fourth-order valence-corrected chi connectivity index (χ4v) is 2.84. The number of amides is 1. The van der Waals surface area contributed by atoms with Crippen molar-refractivity contribution >= 4 is 48.5 Å². The Morgan fingerprint density at radius 2 is 2.26 bits per heavy atom. The third kappa shape index (κ3) is 2.52. The van der Waals surface area contributed by atoms with Crippen molar-refractivity contribution in [2.24, 2.45) is 0 Å². The lowest BCUT2D eigenvalue weighted by molar-refractivity contribution is 0.102. The standard InChI is InChI=1S/C12H7BrFN3OS/c13-6-3-9(15-5-6)11(18)17-12-16-8-2-1-7(14)4-10(8)19-12/h1-5,15H,(H,16,17,18). The maximum absolute atomic E-state index is 13.1. The molecule has 0 aliphatic heterocycles. The van der Waals surface area contributed by atoms with Crippen LogP contribution in [0.25, 0.3) is 10.2 Å². The monoisotopic (exact) mass is 339 g/mol. The molecular formula is C12H7BrFN3OS. The van der Waals surface area contributed by atoms with E-state index in [-0.39, 0.29) is 11.7 Å². The molecule has 3 aromatic rings. The number of fused-ring (bicyclic) bond motifs is 1. The van der Waals surface area contributed by atoms with Crippen LogP contribution in [0.3, 0.4) is 0 Å². The number of aromatic amines is 1. The van der Waals surface area contributed by atoms with Crippen LogP contribution < -0.4 is 5.32 Å². The normalized spacial score (nSPS) is 10.8. The highest BCUT2D eigenvalue weighted by molar-refractivity contribution is 9.10. The van der Waals surface area contributed by atoms with Gasteiger partial charge in [0.2, 0.25) is 0 Å². The number of halogens is 2. The van der Waals surface area contributed by atoms with Crippen LogP contribution in [0.1, 0.15) is 10.5 Å². The van der Waals surface area contributed by atoms with Gasteiger partial charge in [0.25, 0.3) is 5.91 Å². The van der Waals surface area contributed by atoms with E-state index >= 15 is 0 Å². The number of hydrogen-bond acceptors (Lipinski definition) is 3. The molecule has 0 radical (unpaired) electrons. The van der Waals surface area contributed by atoms with Crippen LogP contribution in [0, 0.1) is 5.82 Å². The second kappa shape index (κ2) is 4.75. The summed E-state index contributed by atoms with van der Waals surface area (Å²) in [7, 11) is 0. The number of rotatable bonds is 2. The van der Waals surface area contributed by atoms with Gasteiger partial charge in [-0.05, 0) is 40.2 Å². The molecule has 0 bridgehead atoms. The highest BCUT2D eigenvalue weighted by Gasteiger charge is 2.11. The van der Waals surface area contributed by atoms with E-state index < -0.39 is 0 Å². The van der Waals surface area contributed by atoms with E-state index in [4.69, 9.17) is 0 Å². The highest BCUT2D eigenvalue weighted by Crippen LogP contribution is 2.26. The van der Waals surface area contributed by atoms with Crippen molar-refractivity contribution < 1.29 is 9.18 Å². The summed E-state index contributed by atoms with van der Waals surface area (Å²) in [5.74, 6) is -0.604. The van der Waals surface area contributed by atoms with E-state index in [0.29, 0.717) is 21.0 Å². The molecule has 0 aliphatic rings. The Kier molecular flexibility index (Phi) is 3.08. The van der Waals surface area contributed by atoms with Gasteiger partial charge in [0.15, 0.2) is 5.13 Å². The van der Waals surface area contributed by atoms with Gasteiger partial charge in [-0.3, -0.25) is 10.1 Å². The molecule has 2 N–H and O–H groups in total. The SMILES string of the molecule is O=C(Nc1nc2ccc(F)cc2s1)c1cc(Br)c[nH]1. The van der Waals surface area contributed by atoms with Crippen molar-refractivity contribution in [2.45, 2.75) is 0 Å². The lowest BCUT2D eigenvalue weighted by Gasteiger charge is -1.97. The zero-order valence-electron chi connectivity index (χ0n) is 9.41. The molecule has 1 amide bonds. The van der Waals surface area contributed by atoms with Crippen molar-refractivity contribution in [1.29, 1.82) is 0 Å². The molecule has 3 rings (SSSR count). The Morgan fingerprint density at radius 3 is 3.00 bits per heavy atom. The first-order chi connectivity index (χ1) is 9.11. The largest absolute Gasteiger partial charge is 0.356 e. The fraction of sp³-hybridized carbons (Fsp3) is 0. The predicted molar refractivity (Wildman–Crippen MR) is 76.0 cm³/mol. The van der Waals surface area contributed by atoms with Crippen molar-refractivity contribution in [2.75, 3.05) is 5.32 Å². The molecule has 0 fully saturated rings. The predicted octanol–water partition coefficient (Wildman–Crippen LogP) is 3.78. The molecule has 0 aliphatic carbocycles. The summed E-state index contributed by atoms with van der Waals surface area (Å²) in [5, 5.41) is 3.12. The number of carbonyl (C=O) groups excluding carboxylic acids is 1. The molecule has 1 aromatic carbocycles. The Morgan fingerprint density at radius 1 is 1.42 bits per heavy atom. The van der Waals surface area contributed by atoms with Crippen LogP contribution in [-0.4, -0.2) is 15.9 Å². The van der Waals surface area contributed by atoms with E-state index in [0.717, 1.165) is 4.47 Å². The van der Waals surface area contributed by atoms with Crippen LogP contribution in [0.2, 0.25) is 0 Å². The van der Waals surface area contributed by atoms with Crippen LogP contribution in [0.4, 0.5) is 9.52 Å². The number of thiazole rings is 1. The molecule has 7 heteroatoms. The van der Waals surface area contributed by atoms with Crippen LogP contribution in [0.15, 0.2) is 34.9 Å². The Bertz CT molecular complexity index is 767. The molecule has 2 aromatic heterocycles.